The van der Waals surface area contributed by atoms with Gasteiger partial charge >= 0.3 is 0 Å². The van der Waals surface area contributed by atoms with Crippen LogP contribution < -0.4 is 10.6 Å². The minimum Gasteiger partial charge on any atom is -0.508 e. The molecule has 40 heavy (non-hydrogen) atoms. The van der Waals surface area contributed by atoms with Crippen LogP contribution in [0.2, 0.25) is 0 Å². The number of hydrogen-bond donors (Lipinski definition) is 5. The molecule has 0 spiro atoms. The van der Waals surface area contributed by atoms with Crippen molar-refractivity contribution < 1.29 is 34.8 Å². The molecule has 1 saturated carbocycles. The summed E-state index contributed by atoms with van der Waals surface area (Å²) in [6.45, 7) is 0. The second kappa shape index (κ2) is 9.96. The lowest BCUT2D eigenvalue weighted by Crippen LogP contribution is -2.65. The average Bonchev–Trinajstić information content (AvgIpc) is 2.86. The van der Waals surface area contributed by atoms with E-state index in [-0.39, 0.29) is 42.1 Å². The lowest BCUT2D eigenvalue weighted by molar-refractivity contribution is -0.153. The van der Waals surface area contributed by atoms with Gasteiger partial charge in [0.2, 0.25) is 5.78 Å². The summed E-state index contributed by atoms with van der Waals surface area (Å²) in [5, 5.41) is 45.7. The number of nitrogens with two attached hydrogens (primary N) is 1. The predicted molar refractivity (Wildman–Crippen MR) is 151 cm³/mol. The summed E-state index contributed by atoms with van der Waals surface area (Å²) in [5.41, 5.74) is 4.25. The van der Waals surface area contributed by atoms with Gasteiger partial charge in [0.25, 0.3) is 5.91 Å². The SMILES string of the molecule is CN(C)c1cc(-c2ccccc2)c(O)c2c1C[C@H]1C[C@H]3[C@H](N(C)C)C(=O)C(C(N)=O)=C(O)[C@@]3(O)C(=O)C1=C2O.Cl. The van der Waals surface area contributed by atoms with E-state index in [1.807, 2.05) is 55.4 Å². The monoisotopic (exact) mass is 569 g/mol. The molecule has 3 aliphatic rings. The zero-order valence-electron chi connectivity index (χ0n) is 22.5. The molecule has 2 aromatic rings. The zero-order chi connectivity index (χ0) is 28.5. The quantitative estimate of drug-likeness (QED) is 0.347. The normalized spacial score (nSPS) is 25.7. The first-order valence-corrected chi connectivity index (χ1v) is 12.6. The summed E-state index contributed by atoms with van der Waals surface area (Å²) in [7, 11) is 6.80. The van der Waals surface area contributed by atoms with Crippen LogP contribution in [-0.2, 0) is 20.8 Å². The van der Waals surface area contributed by atoms with Crippen molar-refractivity contribution in [1.82, 2.24) is 4.90 Å². The molecule has 0 bridgehead atoms. The number of aliphatic hydroxyl groups excluding tert-OH is 2. The van der Waals surface area contributed by atoms with E-state index in [9.17, 15) is 34.8 Å². The van der Waals surface area contributed by atoms with E-state index in [1.54, 1.807) is 14.1 Å². The lowest BCUT2D eigenvalue weighted by atomic mass is 9.57. The van der Waals surface area contributed by atoms with E-state index >= 15 is 0 Å². The number of carbonyl (C=O) groups is 3. The van der Waals surface area contributed by atoms with Gasteiger partial charge in [-0.3, -0.25) is 19.3 Å². The summed E-state index contributed by atoms with van der Waals surface area (Å²) in [6.07, 6.45) is 0.268. The molecule has 6 N–H and O–H groups in total. The van der Waals surface area contributed by atoms with Gasteiger partial charge in [-0.05, 0) is 50.0 Å². The second-order valence-corrected chi connectivity index (χ2v) is 10.9. The largest absolute Gasteiger partial charge is 0.508 e. The van der Waals surface area contributed by atoms with Gasteiger partial charge in [-0.25, -0.2) is 0 Å². The minimum atomic E-state index is -2.67. The molecule has 0 aromatic heterocycles. The van der Waals surface area contributed by atoms with Crippen molar-refractivity contribution in [2.45, 2.75) is 24.5 Å². The Morgan fingerprint density at radius 2 is 1.68 bits per heavy atom. The Hall–Kier alpha value is -3.86. The highest BCUT2D eigenvalue weighted by molar-refractivity contribution is 6.24. The summed E-state index contributed by atoms with van der Waals surface area (Å²) in [6, 6.07) is 9.79. The van der Waals surface area contributed by atoms with E-state index in [4.69, 9.17) is 5.73 Å². The van der Waals surface area contributed by atoms with Gasteiger partial charge in [0.1, 0.15) is 22.8 Å². The standard InChI is InChI=1S/C29H31N3O7.ClH/c1-31(2)18-12-15(13-8-6-5-7-9-13)23(33)20-16(18)10-14-11-17-22(32(3)4)25(35)21(28(30)38)27(37)29(17,39)26(36)19(14)24(20)34;/h5-9,12,14,17,22,33-34,37,39H,10-11H2,1-4H3,(H2,30,38);1H/t14-,17-,22-,29-;/m0./s1. The van der Waals surface area contributed by atoms with Gasteiger partial charge in [0.15, 0.2) is 11.4 Å². The molecule has 2 aromatic carbocycles. The predicted octanol–water partition coefficient (Wildman–Crippen LogP) is 2.12. The molecule has 1 amide bonds. The number of primary amides is 1. The molecule has 212 valence electrons. The van der Waals surface area contributed by atoms with Crippen molar-refractivity contribution in [2.75, 3.05) is 33.1 Å². The Balaban J connectivity index is 0.00000370. The fourth-order valence-corrected chi connectivity index (χ4v) is 6.53. The number of halogens is 1. The van der Waals surface area contributed by atoms with Crippen LogP contribution in [0.5, 0.6) is 5.75 Å². The fourth-order valence-electron chi connectivity index (χ4n) is 6.53. The number of phenols is 1. The second-order valence-electron chi connectivity index (χ2n) is 10.9. The number of likely N-dealkylation sites (N-methyl/N-ethyl adjacent to an activating group) is 1. The number of aromatic hydroxyl groups is 1. The molecular formula is C29H32ClN3O7. The maximum atomic E-state index is 14.0. The molecule has 3 aliphatic carbocycles. The van der Waals surface area contributed by atoms with Crippen molar-refractivity contribution in [3.05, 3.63) is 64.4 Å². The number of carbonyl (C=O) groups excluding carboxylic acids is 3. The molecule has 0 saturated heterocycles. The maximum Gasteiger partial charge on any atom is 0.255 e. The molecule has 0 radical (unpaired) electrons. The van der Waals surface area contributed by atoms with Crippen molar-refractivity contribution in [3.63, 3.8) is 0 Å². The molecule has 0 heterocycles. The third-order valence-corrected chi connectivity index (χ3v) is 8.26. The van der Waals surface area contributed by atoms with Gasteiger partial charge < -0.3 is 31.1 Å². The van der Waals surface area contributed by atoms with E-state index in [0.29, 0.717) is 16.7 Å². The van der Waals surface area contributed by atoms with Crippen LogP contribution in [-0.4, -0.2) is 82.6 Å². The first-order valence-electron chi connectivity index (χ1n) is 12.6. The van der Waals surface area contributed by atoms with Crippen LogP contribution in [0.25, 0.3) is 16.9 Å². The summed E-state index contributed by atoms with van der Waals surface area (Å²) in [4.78, 5) is 42.7. The highest BCUT2D eigenvalue weighted by Crippen LogP contribution is 2.54. The van der Waals surface area contributed by atoms with Crippen molar-refractivity contribution in [1.29, 1.82) is 0 Å². The van der Waals surface area contributed by atoms with Crippen molar-refractivity contribution in [3.8, 4) is 16.9 Å². The molecule has 0 aliphatic heterocycles. The number of Topliss-reactive ketones (excluding diaryl/α,β-unsaturated/α-hetero) is 2. The Bertz CT molecular complexity index is 1500. The van der Waals surface area contributed by atoms with Crippen LogP contribution in [0, 0.1) is 11.8 Å². The van der Waals surface area contributed by atoms with Gasteiger partial charge in [0.05, 0.1) is 11.6 Å². The van der Waals surface area contributed by atoms with Crippen LogP contribution in [0.1, 0.15) is 17.5 Å². The first-order chi connectivity index (χ1) is 18.3. The van der Waals surface area contributed by atoms with E-state index in [0.717, 1.165) is 5.69 Å². The number of anilines is 1. The van der Waals surface area contributed by atoms with Crippen LogP contribution in [0.15, 0.2) is 53.3 Å². The fraction of sp³-hybridized carbons (Fsp3) is 0.345. The number of rotatable bonds is 4. The Morgan fingerprint density at radius 3 is 2.23 bits per heavy atom. The molecule has 5 rings (SSSR count). The van der Waals surface area contributed by atoms with Crippen molar-refractivity contribution >= 4 is 41.3 Å². The molecule has 1 fully saturated rings. The Kier molecular flexibility index (Phi) is 7.25. The minimum absolute atomic E-state index is 0. The number of aliphatic hydroxyl groups is 3. The summed E-state index contributed by atoms with van der Waals surface area (Å²) in [5.74, 6) is -6.66. The van der Waals surface area contributed by atoms with Crippen LogP contribution >= 0.6 is 12.4 Å². The van der Waals surface area contributed by atoms with Gasteiger partial charge in [-0.15, -0.1) is 12.4 Å². The number of phenolic OH excluding ortho intramolecular Hbond substituents is 1. The highest BCUT2D eigenvalue weighted by Gasteiger charge is 2.64. The average molecular weight is 570 g/mol. The number of nitrogens with zero attached hydrogens (tertiary/aromatic N) is 2. The third-order valence-electron chi connectivity index (χ3n) is 8.26. The van der Waals surface area contributed by atoms with Crippen LogP contribution in [0.4, 0.5) is 5.69 Å². The highest BCUT2D eigenvalue weighted by atomic mass is 35.5. The van der Waals surface area contributed by atoms with E-state index < -0.39 is 58.0 Å². The number of hydrogen-bond acceptors (Lipinski definition) is 9. The van der Waals surface area contributed by atoms with Crippen LogP contribution in [0.3, 0.4) is 0 Å². The molecule has 11 heteroatoms. The number of benzene rings is 2. The van der Waals surface area contributed by atoms with Gasteiger partial charge in [-0.1, -0.05) is 30.3 Å². The maximum absolute atomic E-state index is 14.0. The topological polar surface area (TPSA) is 165 Å². The third kappa shape index (κ3) is 3.89. The van der Waals surface area contributed by atoms with Crippen molar-refractivity contribution in [2.24, 2.45) is 17.6 Å². The molecular weight excluding hydrogens is 538 g/mol. The molecule has 10 nitrogen and oxygen atoms in total. The van der Waals surface area contributed by atoms with Gasteiger partial charge in [-0.2, -0.15) is 0 Å². The molecule has 0 unspecified atom stereocenters. The first kappa shape index (κ1) is 29.1. The Labute approximate surface area is 237 Å². The zero-order valence-corrected chi connectivity index (χ0v) is 23.3. The lowest BCUT2D eigenvalue weighted by Gasteiger charge is -2.50. The smallest absolute Gasteiger partial charge is 0.255 e. The molecule has 4 atom stereocenters. The van der Waals surface area contributed by atoms with Gasteiger partial charge in [0, 0.05) is 36.8 Å². The van der Waals surface area contributed by atoms with E-state index in [2.05, 4.69) is 0 Å². The van der Waals surface area contributed by atoms with E-state index in [1.165, 1.54) is 4.90 Å². The number of amides is 1. The number of ketones is 2. The summed E-state index contributed by atoms with van der Waals surface area (Å²) >= 11 is 0. The summed E-state index contributed by atoms with van der Waals surface area (Å²) < 4.78 is 0. The Morgan fingerprint density at radius 1 is 1.05 bits per heavy atom. The number of fused-ring (bicyclic) bond motifs is 3.